The molecule has 176 valence electrons. The molecular weight excluding hydrogens is 396 g/mol. The zero-order valence-corrected chi connectivity index (χ0v) is 20.0. The molecule has 2 unspecified atom stereocenters. The van der Waals surface area contributed by atoms with E-state index >= 15 is 0 Å². The first kappa shape index (κ1) is 24.6. The number of hydrogen-bond donors (Lipinski definition) is 3. The van der Waals surface area contributed by atoms with Gasteiger partial charge in [0.25, 0.3) is 0 Å². The second-order valence-electron chi connectivity index (χ2n) is 9.44. The minimum Gasteiger partial charge on any atom is -0.504 e. The second kappa shape index (κ2) is 12.9. The molecule has 0 bridgehead atoms. The van der Waals surface area contributed by atoms with Crippen molar-refractivity contribution in [3.63, 3.8) is 0 Å². The largest absolute Gasteiger partial charge is 0.504 e. The number of nitrogens with zero attached hydrogens (tertiary/aromatic N) is 1. The topological polar surface area (TPSA) is 55.7 Å². The Labute approximate surface area is 194 Å². The summed E-state index contributed by atoms with van der Waals surface area (Å²) in [7, 11) is 0. The summed E-state index contributed by atoms with van der Waals surface area (Å²) in [5.41, 5.74) is 3.56. The van der Waals surface area contributed by atoms with E-state index in [1.54, 1.807) is 6.07 Å². The number of hydrogen-bond acceptors (Lipinski definition) is 4. The summed E-state index contributed by atoms with van der Waals surface area (Å²) < 4.78 is 0. The lowest BCUT2D eigenvalue weighted by molar-refractivity contribution is 0.167. The lowest BCUT2D eigenvalue weighted by Gasteiger charge is -2.38. The van der Waals surface area contributed by atoms with Gasteiger partial charge in [-0.15, -0.1) is 0 Å². The average molecular weight is 439 g/mol. The van der Waals surface area contributed by atoms with E-state index in [2.05, 4.69) is 54.4 Å². The van der Waals surface area contributed by atoms with Crippen LogP contribution in [0.5, 0.6) is 11.5 Å². The Morgan fingerprint density at radius 2 is 1.72 bits per heavy atom. The predicted octanol–water partition coefficient (Wildman–Crippen LogP) is 5.62. The molecule has 0 amide bonds. The van der Waals surface area contributed by atoms with E-state index in [9.17, 15) is 10.2 Å². The van der Waals surface area contributed by atoms with Crippen molar-refractivity contribution in [2.24, 2.45) is 0 Å². The van der Waals surface area contributed by atoms with E-state index in [-0.39, 0.29) is 17.4 Å². The third kappa shape index (κ3) is 6.98. The molecule has 0 saturated carbocycles. The maximum absolute atomic E-state index is 10.3. The molecule has 3 N–H and O–H groups in total. The van der Waals surface area contributed by atoms with Gasteiger partial charge in [-0.3, -0.25) is 0 Å². The van der Waals surface area contributed by atoms with E-state index in [1.807, 2.05) is 6.07 Å². The van der Waals surface area contributed by atoms with Gasteiger partial charge in [-0.05, 0) is 87.8 Å². The van der Waals surface area contributed by atoms with E-state index in [1.165, 1.54) is 43.2 Å². The molecule has 0 spiro atoms. The molecule has 0 aliphatic heterocycles. The number of benzene rings is 2. The number of unbranched alkanes of at least 4 members (excludes halogenated alkanes) is 3. The van der Waals surface area contributed by atoms with Crippen LogP contribution < -0.4 is 5.32 Å². The van der Waals surface area contributed by atoms with Crippen molar-refractivity contribution in [1.82, 2.24) is 10.2 Å². The van der Waals surface area contributed by atoms with Crippen LogP contribution in [0.3, 0.4) is 0 Å². The molecule has 2 atom stereocenters. The Kier molecular flexibility index (Phi) is 9.89. The fraction of sp³-hybridized carbons (Fsp3) is 0.571. The summed E-state index contributed by atoms with van der Waals surface area (Å²) >= 11 is 0. The Morgan fingerprint density at radius 1 is 0.938 bits per heavy atom. The van der Waals surface area contributed by atoms with Gasteiger partial charge < -0.3 is 20.4 Å². The molecule has 1 aliphatic carbocycles. The van der Waals surface area contributed by atoms with Crippen LogP contribution in [0.1, 0.15) is 75.0 Å². The van der Waals surface area contributed by atoms with Crippen LogP contribution in [-0.4, -0.2) is 47.3 Å². The van der Waals surface area contributed by atoms with Crippen molar-refractivity contribution in [3.05, 3.63) is 59.2 Å². The minimum atomic E-state index is 0.00835. The van der Waals surface area contributed by atoms with Crippen LogP contribution in [0, 0.1) is 0 Å². The van der Waals surface area contributed by atoms with Gasteiger partial charge in [-0.2, -0.15) is 0 Å². The molecule has 32 heavy (non-hydrogen) atoms. The van der Waals surface area contributed by atoms with Crippen LogP contribution in [0.2, 0.25) is 0 Å². The Morgan fingerprint density at radius 3 is 2.50 bits per heavy atom. The molecule has 0 saturated heterocycles. The number of aromatic hydroxyl groups is 2. The fourth-order valence-corrected chi connectivity index (χ4v) is 5.19. The van der Waals surface area contributed by atoms with Gasteiger partial charge in [-0.1, -0.05) is 63.1 Å². The smallest absolute Gasteiger partial charge is 0.161 e. The van der Waals surface area contributed by atoms with Gasteiger partial charge in [0.15, 0.2) is 11.5 Å². The Balaban J connectivity index is 1.35. The highest BCUT2D eigenvalue weighted by atomic mass is 16.3. The summed E-state index contributed by atoms with van der Waals surface area (Å²) in [6.07, 6.45) is 9.37. The third-order valence-electron chi connectivity index (χ3n) is 6.87. The molecule has 0 heterocycles. The Hall–Kier alpha value is -2.04. The molecule has 0 radical (unpaired) electrons. The summed E-state index contributed by atoms with van der Waals surface area (Å²) in [5, 5.41) is 23.8. The van der Waals surface area contributed by atoms with Crippen LogP contribution in [0.15, 0.2) is 42.5 Å². The van der Waals surface area contributed by atoms with Crippen LogP contribution in [-0.2, 0) is 12.8 Å². The second-order valence-corrected chi connectivity index (χ2v) is 9.44. The molecule has 2 aromatic carbocycles. The van der Waals surface area contributed by atoms with Crippen molar-refractivity contribution in [3.8, 4) is 11.5 Å². The first-order chi connectivity index (χ1) is 15.6. The summed E-state index contributed by atoms with van der Waals surface area (Å²) in [6, 6.07) is 14.9. The minimum absolute atomic E-state index is 0.00835. The predicted molar refractivity (Wildman–Crippen MR) is 134 cm³/mol. The van der Waals surface area contributed by atoms with Crippen molar-refractivity contribution in [2.45, 2.75) is 77.2 Å². The quantitative estimate of drug-likeness (QED) is 0.281. The van der Waals surface area contributed by atoms with Crippen molar-refractivity contribution in [2.75, 3.05) is 26.2 Å². The SMILES string of the molecule is CCCN(CCCCCCNCCc1ccccc1)C1Cc2ccc(O)c(O)c2C(C)C1. The van der Waals surface area contributed by atoms with Crippen LogP contribution in [0.4, 0.5) is 0 Å². The van der Waals surface area contributed by atoms with E-state index in [0.717, 1.165) is 51.0 Å². The first-order valence-electron chi connectivity index (χ1n) is 12.6. The highest BCUT2D eigenvalue weighted by molar-refractivity contribution is 5.52. The van der Waals surface area contributed by atoms with Crippen molar-refractivity contribution < 1.29 is 10.2 Å². The zero-order valence-electron chi connectivity index (χ0n) is 20.0. The van der Waals surface area contributed by atoms with Gasteiger partial charge in [-0.25, -0.2) is 0 Å². The van der Waals surface area contributed by atoms with Gasteiger partial charge in [0, 0.05) is 11.6 Å². The maximum Gasteiger partial charge on any atom is 0.161 e. The number of nitrogens with one attached hydrogen (secondary N) is 1. The molecule has 1 aliphatic rings. The van der Waals surface area contributed by atoms with Gasteiger partial charge >= 0.3 is 0 Å². The molecule has 4 nitrogen and oxygen atoms in total. The fourth-order valence-electron chi connectivity index (χ4n) is 5.19. The van der Waals surface area contributed by atoms with Crippen molar-refractivity contribution >= 4 is 0 Å². The maximum atomic E-state index is 10.3. The van der Waals surface area contributed by atoms with E-state index in [4.69, 9.17) is 0 Å². The molecular formula is C28H42N2O2. The molecule has 0 fully saturated rings. The monoisotopic (exact) mass is 438 g/mol. The highest BCUT2D eigenvalue weighted by Crippen LogP contribution is 2.42. The Bertz CT molecular complexity index is 809. The number of fused-ring (bicyclic) bond motifs is 1. The van der Waals surface area contributed by atoms with Crippen LogP contribution >= 0.6 is 0 Å². The average Bonchev–Trinajstić information content (AvgIpc) is 2.80. The number of rotatable bonds is 13. The summed E-state index contributed by atoms with van der Waals surface area (Å²) in [6.45, 7) is 8.91. The molecule has 4 heteroatoms. The first-order valence-corrected chi connectivity index (χ1v) is 12.6. The van der Waals surface area contributed by atoms with E-state index in [0.29, 0.717) is 6.04 Å². The normalized spacial score (nSPS) is 18.1. The van der Waals surface area contributed by atoms with Gasteiger partial charge in [0.1, 0.15) is 0 Å². The summed E-state index contributed by atoms with van der Waals surface area (Å²) in [5.74, 6) is 0.374. The lowest BCUT2D eigenvalue weighted by Crippen LogP contribution is -2.41. The third-order valence-corrected chi connectivity index (χ3v) is 6.87. The van der Waals surface area contributed by atoms with Gasteiger partial charge in [0.2, 0.25) is 0 Å². The zero-order chi connectivity index (χ0) is 22.8. The lowest BCUT2D eigenvalue weighted by atomic mass is 9.79. The molecule has 3 rings (SSSR count). The van der Waals surface area contributed by atoms with Crippen molar-refractivity contribution in [1.29, 1.82) is 0 Å². The standard InChI is InChI=1S/C28H42N2O2/c1-3-18-30(25-20-22(2)27-24(21-25)13-14-26(31)28(27)32)19-10-5-4-9-16-29-17-15-23-11-7-6-8-12-23/h6-8,11-14,22,25,29,31-32H,3-5,9-10,15-21H2,1-2H3. The van der Waals surface area contributed by atoms with Crippen LogP contribution in [0.25, 0.3) is 0 Å². The van der Waals surface area contributed by atoms with Gasteiger partial charge in [0.05, 0.1) is 0 Å². The highest BCUT2D eigenvalue weighted by Gasteiger charge is 2.30. The number of phenolic OH excluding ortho intramolecular Hbond substituents is 2. The number of phenols is 2. The molecule has 2 aromatic rings. The summed E-state index contributed by atoms with van der Waals surface area (Å²) in [4.78, 5) is 2.67. The molecule has 0 aromatic heterocycles. The van der Waals surface area contributed by atoms with E-state index < -0.39 is 0 Å².